The van der Waals surface area contributed by atoms with Gasteiger partial charge in [-0.3, -0.25) is 14.9 Å². The number of non-ortho nitro benzene ring substituents is 1. The fraction of sp³-hybridized carbons (Fsp3) is 0.417. The molecule has 19 heavy (non-hydrogen) atoms. The lowest BCUT2D eigenvalue weighted by Crippen LogP contribution is -2.35. The van der Waals surface area contributed by atoms with Crippen LogP contribution in [0.15, 0.2) is 23.1 Å². The summed E-state index contributed by atoms with van der Waals surface area (Å²) in [6, 6.07) is 4.21. The number of hydrogen-bond donors (Lipinski definition) is 2. The maximum atomic E-state index is 10.9. The molecule has 102 valence electrons. The van der Waals surface area contributed by atoms with Gasteiger partial charge in [0, 0.05) is 27.8 Å². The van der Waals surface area contributed by atoms with Crippen LogP contribution in [0.3, 0.4) is 0 Å². The average molecular weight is 283 g/mol. The SMILES string of the molecule is C[C@@H]1C[C@@](O)(CC(=O)O)c2cc([N+](=O)[O-])ccc2S1. The lowest BCUT2D eigenvalue weighted by Gasteiger charge is -2.35. The second kappa shape index (κ2) is 4.82. The zero-order valence-corrected chi connectivity index (χ0v) is 11.0. The number of nitrogens with zero attached hydrogens (tertiary/aromatic N) is 1. The van der Waals surface area contributed by atoms with Crippen LogP contribution >= 0.6 is 11.8 Å². The molecule has 0 unspecified atom stereocenters. The highest BCUT2D eigenvalue weighted by atomic mass is 32.2. The molecule has 0 saturated carbocycles. The van der Waals surface area contributed by atoms with Crippen molar-refractivity contribution >= 4 is 23.4 Å². The van der Waals surface area contributed by atoms with Gasteiger partial charge in [-0.25, -0.2) is 0 Å². The maximum Gasteiger partial charge on any atom is 0.306 e. The smallest absolute Gasteiger partial charge is 0.306 e. The second-order valence-electron chi connectivity index (χ2n) is 4.67. The molecule has 0 saturated heterocycles. The summed E-state index contributed by atoms with van der Waals surface area (Å²) in [5.41, 5.74) is -1.34. The molecule has 2 atom stereocenters. The Hall–Kier alpha value is -1.60. The number of aliphatic carboxylic acids is 1. The van der Waals surface area contributed by atoms with Gasteiger partial charge in [-0.15, -0.1) is 11.8 Å². The van der Waals surface area contributed by atoms with Gasteiger partial charge in [0.05, 0.1) is 11.3 Å². The number of hydrogen-bond acceptors (Lipinski definition) is 5. The molecule has 0 fully saturated rings. The highest BCUT2D eigenvalue weighted by Gasteiger charge is 2.40. The van der Waals surface area contributed by atoms with E-state index < -0.39 is 22.9 Å². The molecule has 0 bridgehead atoms. The zero-order valence-electron chi connectivity index (χ0n) is 10.2. The van der Waals surface area contributed by atoms with Crippen molar-refractivity contribution in [3.63, 3.8) is 0 Å². The van der Waals surface area contributed by atoms with E-state index >= 15 is 0 Å². The number of nitro groups is 1. The number of nitro benzene ring substituents is 1. The predicted molar refractivity (Wildman–Crippen MR) is 69.2 cm³/mol. The molecule has 0 spiro atoms. The summed E-state index contributed by atoms with van der Waals surface area (Å²) in [6.45, 7) is 1.89. The molecule has 0 radical (unpaired) electrons. The number of carboxylic acids is 1. The number of carboxylic acid groups (broad SMARTS) is 1. The summed E-state index contributed by atoms with van der Waals surface area (Å²) >= 11 is 1.49. The molecular formula is C12H13NO5S. The van der Waals surface area contributed by atoms with Gasteiger partial charge in [0.15, 0.2) is 0 Å². The zero-order chi connectivity index (χ0) is 14.2. The lowest BCUT2D eigenvalue weighted by atomic mass is 9.85. The van der Waals surface area contributed by atoms with Gasteiger partial charge in [0.1, 0.15) is 5.60 Å². The number of carbonyl (C=O) groups is 1. The first-order chi connectivity index (χ1) is 8.82. The lowest BCUT2D eigenvalue weighted by molar-refractivity contribution is -0.385. The van der Waals surface area contributed by atoms with Crippen molar-refractivity contribution < 1.29 is 19.9 Å². The van der Waals surface area contributed by atoms with E-state index in [0.717, 1.165) is 0 Å². The number of fused-ring (bicyclic) bond motifs is 1. The Morgan fingerprint density at radius 1 is 1.63 bits per heavy atom. The number of benzene rings is 1. The molecule has 1 aromatic carbocycles. The summed E-state index contributed by atoms with van der Waals surface area (Å²) in [7, 11) is 0. The van der Waals surface area contributed by atoms with E-state index in [1.54, 1.807) is 6.07 Å². The molecule has 1 aliphatic rings. The van der Waals surface area contributed by atoms with Crippen molar-refractivity contribution in [3.05, 3.63) is 33.9 Å². The summed E-state index contributed by atoms with van der Waals surface area (Å²) in [4.78, 5) is 21.8. The first-order valence-electron chi connectivity index (χ1n) is 5.71. The standard InChI is InChI=1S/C12H13NO5S/c1-7-5-12(16,6-11(14)15)9-4-8(13(17)18)2-3-10(9)19-7/h2-4,7,16H,5-6H2,1H3,(H,14,15)/t7-,12-/m1/s1. The second-order valence-corrected chi connectivity index (χ2v) is 6.15. The van der Waals surface area contributed by atoms with Gasteiger partial charge < -0.3 is 10.2 Å². The molecule has 1 aliphatic heterocycles. The highest BCUT2D eigenvalue weighted by Crippen LogP contribution is 2.46. The number of thioether (sulfide) groups is 1. The molecule has 7 heteroatoms. The van der Waals surface area contributed by atoms with Gasteiger partial charge in [0.2, 0.25) is 0 Å². The van der Waals surface area contributed by atoms with E-state index in [1.807, 2.05) is 6.92 Å². The third-order valence-corrected chi connectivity index (χ3v) is 4.25. The molecule has 0 amide bonds. The van der Waals surface area contributed by atoms with Crippen LogP contribution in [0, 0.1) is 10.1 Å². The minimum atomic E-state index is -1.54. The van der Waals surface area contributed by atoms with Crippen LogP contribution in [-0.4, -0.2) is 26.4 Å². The minimum Gasteiger partial charge on any atom is -0.481 e. The third-order valence-electron chi connectivity index (χ3n) is 3.07. The van der Waals surface area contributed by atoms with E-state index in [4.69, 9.17) is 5.11 Å². The van der Waals surface area contributed by atoms with Crippen LogP contribution in [0.1, 0.15) is 25.3 Å². The van der Waals surface area contributed by atoms with Gasteiger partial charge in [-0.2, -0.15) is 0 Å². The van der Waals surface area contributed by atoms with Crippen molar-refractivity contribution in [2.45, 2.75) is 35.5 Å². The Labute approximate surface area is 113 Å². The predicted octanol–water partition coefficient (Wildman–Crippen LogP) is 2.14. The third kappa shape index (κ3) is 2.71. The van der Waals surface area contributed by atoms with Gasteiger partial charge in [-0.1, -0.05) is 6.92 Å². The van der Waals surface area contributed by atoms with Crippen molar-refractivity contribution in [1.29, 1.82) is 0 Å². The normalized spacial score (nSPS) is 25.7. The number of rotatable bonds is 3. The monoisotopic (exact) mass is 283 g/mol. The van der Waals surface area contributed by atoms with Gasteiger partial charge in [-0.05, 0) is 12.5 Å². The first-order valence-corrected chi connectivity index (χ1v) is 6.59. The largest absolute Gasteiger partial charge is 0.481 e. The van der Waals surface area contributed by atoms with Crippen LogP contribution < -0.4 is 0 Å². The van der Waals surface area contributed by atoms with Gasteiger partial charge in [0.25, 0.3) is 5.69 Å². The molecule has 0 aromatic heterocycles. The highest BCUT2D eigenvalue weighted by molar-refractivity contribution is 8.00. The van der Waals surface area contributed by atoms with E-state index in [1.165, 1.54) is 23.9 Å². The first kappa shape index (κ1) is 13.8. The summed E-state index contributed by atoms with van der Waals surface area (Å²) in [5.74, 6) is -1.13. The summed E-state index contributed by atoms with van der Waals surface area (Å²) < 4.78 is 0. The minimum absolute atomic E-state index is 0.0540. The molecule has 0 aliphatic carbocycles. The van der Waals surface area contributed by atoms with E-state index in [9.17, 15) is 20.0 Å². The number of aliphatic hydroxyl groups is 1. The van der Waals surface area contributed by atoms with Crippen LogP contribution in [0.2, 0.25) is 0 Å². The van der Waals surface area contributed by atoms with E-state index in [-0.39, 0.29) is 17.4 Å². The summed E-state index contributed by atoms with van der Waals surface area (Å²) in [5, 5.41) is 30.3. The molecule has 6 nitrogen and oxygen atoms in total. The van der Waals surface area contributed by atoms with E-state index in [2.05, 4.69) is 0 Å². The average Bonchev–Trinajstić information content (AvgIpc) is 2.26. The van der Waals surface area contributed by atoms with Crippen LogP contribution in [0.4, 0.5) is 5.69 Å². The van der Waals surface area contributed by atoms with Crippen molar-refractivity contribution in [2.24, 2.45) is 0 Å². The van der Waals surface area contributed by atoms with Crippen LogP contribution in [0.5, 0.6) is 0 Å². The Morgan fingerprint density at radius 3 is 2.89 bits per heavy atom. The molecule has 2 N–H and O–H groups in total. The van der Waals surface area contributed by atoms with Crippen molar-refractivity contribution in [1.82, 2.24) is 0 Å². The van der Waals surface area contributed by atoms with Crippen molar-refractivity contribution in [3.8, 4) is 0 Å². The fourth-order valence-corrected chi connectivity index (χ4v) is 3.67. The Kier molecular flexibility index (Phi) is 3.51. The summed E-state index contributed by atoms with van der Waals surface area (Å²) in [6.07, 6.45) is -0.190. The topological polar surface area (TPSA) is 101 Å². The fourth-order valence-electron chi connectivity index (χ4n) is 2.36. The maximum absolute atomic E-state index is 10.9. The quantitative estimate of drug-likeness (QED) is 0.651. The van der Waals surface area contributed by atoms with Crippen LogP contribution in [0.25, 0.3) is 0 Å². The molecule has 1 aromatic rings. The Morgan fingerprint density at radius 2 is 2.32 bits per heavy atom. The Balaban J connectivity index is 2.52. The molecule has 1 heterocycles. The Bertz CT molecular complexity index is 547. The molecule has 2 rings (SSSR count). The van der Waals surface area contributed by atoms with Gasteiger partial charge >= 0.3 is 5.97 Å². The van der Waals surface area contributed by atoms with Crippen LogP contribution in [-0.2, 0) is 10.4 Å². The van der Waals surface area contributed by atoms with E-state index in [0.29, 0.717) is 10.5 Å². The molecular weight excluding hydrogens is 270 g/mol. The van der Waals surface area contributed by atoms with Crippen molar-refractivity contribution in [2.75, 3.05) is 0 Å².